The number of hydrogen-bond donors (Lipinski definition) is 0. The van der Waals surface area contributed by atoms with Crippen LogP contribution < -0.4 is 0 Å². The van der Waals surface area contributed by atoms with Crippen molar-refractivity contribution >= 4 is 20.4 Å². The highest BCUT2D eigenvalue weighted by Gasteiger charge is 2.33. The minimum absolute atomic E-state index is 0.547. The molecule has 0 atom stereocenters. The molecule has 0 aromatic heterocycles. The molecule has 1 aromatic carbocycles. The summed E-state index contributed by atoms with van der Waals surface area (Å²) < 4.78 is 60.3. The van der Waals surface area contributed by atoms with Crippen molar-refractivity contribution in [1.29, 1.82) is 0 Å². The van der Waals surface area contributed by atoms with E-state index in [1.165, 1.54) is 19.3 Å². The second-order valence-corrected chi connectivity index (χ2v) is 14.5. The van der Waals surface area contributed by atoms with Gasteiger partial charge in [0, 0.05) is 23.3 Å². The van der Waals surface area contributed by atoms with E-state index in [4.69, 9.17) is 3.63 Å². The monoisotopic (exact) mass is 522 g/mol. The molecule has 0 amide bonds. The zero-order valence-electron chi connectivity index (χ0n) is 21.8. The average Bonchev–Trinajstić information content (AvgIpc) is 2.78. The molecule has 0 N–H and O–H groups in total. The van der Waals surface area contributed by atoms with Gasteiger partial charge in [-0.3, -0.25) is 0 Å². The smallest absolute Gasteiger partial charge is 0.216 e. The zero-order chi connectivity index (χ0) is 25.3. The Labute approximate surface area is 210 Å². The second kappa shape index (κ2) is 17.7. The summed E-state index contributed by atoms with van der Waals surface area (Å²) in [5, 5.41) is 0. The normalized spacial score (nSPS) is 12.9. The van der Waals surface area contributed by atoms with Crippen molar-refractivity contribution in [3.05, 3.63) is 29.8 Å². The summed E-state index contributed by atoms with van der Waals surface area (Å²) in [6, 6.07) is 2.60. The summed E-state index contributed by atoms with van der Waals surface area (Å²) in [7, 11) is -6.25. The largest absolute Gasteiger partial charge is 0.309 e. The maximum atomic E-state index is 14.4. The molecular weight excluding hydrogens is 474 g/mol. The predicted octanol–water partition coefficient (Wildman–Crippen LogP) is 9.30. The molecule has 0 saturated heterocycles. The summed E-state index contributed by atoms with van der Waals surface area (Å²) in [5.74, 6) is 0.334. The fourth-order valence-electron chi connectivity index (χ4n) is 4.22. The summed E-state index contributed by atoms with van der Waals surface area (Å²) in [6.45, 7) is 6.53. The molecule has 0 unspecified atom stereocenters. The van der Waals surface area contributed by atoms with Crippen LogP contribution in [-0.2, 0) is 13.7 Å². The third-order valence-electron chi connectivity index (χ3n) is 6.26. The fraction of sp³-hybridized carbons (Fsp3) is 0.778. The van der Waals surface area contributed by atoms with Crippen LogP contribution in [0, 0.1) is 11.6 Å². The molecule has 0 heterocycles. The van der Waals surface area contributed by atoms with Crippen molar-refractivity contribution in [3.63, 3.8) is 0 Å². The highest BCUT2D eigenvalue weighted by molar-refractivity contribution is 8.33. The molecule has 1 aromatic rings. The highest BCUT2D eigenvalue weighted by atomic mass is 32.3. The summed E-state index contributed by atoms with van der Waals surface area (Å²) in [5.41, 5.74) is 0. The third kappa shape index (κ3) is 12.3. The molecule has 0 fully saturated rings. The maximum absolute atomic E-state index is 14.4. The van der Waals surface area contributed by atoms with E-state index in [1.54, 1.807) is 0 Å². The van der Waals surface area contributed by atoms with Crippen LogP contribution in [0.25, 0.3) is 0 Å². The van der Waals surface area contributed by atoms with Gasteiger partial charge in [0.05, 0.1) is 0 Å². The quantitative estimate of drug-likeness (QED) is 0.151. The van der Waals surface area contributed by atoms with Crippen LogP contribution in [0.15, 0.2) is 23.1 Å². The minimum atomic E-state index is -4.31. The molecule has 0 radical (unpaired) electrons. The Bertz CT molecular complexity index is 733. The van der Waals surface area contributed by atoms with E-state index in [9.17, 15) is 17.2 Å². The predicted molar refractivity (Wildman–Crippen MR) is 143 cm³/mol. The fourth-order valence-corrected chi connectivity index (χ4v) is 10.2. The molecule has 0 spiro atoms. The van der Waals surface area contributed by atoms with Gasteiger partial charge in [-0.05, 0) is 31.4 Å². The van der Waals surface area contributed by atoms with Gasteiger partial charge in [-0.2, -0.15) is 8.42 Å². The van der Waals surface area contributed by atoms with Crippen LogP contribution in [0.5, 0.6) is 0 Å². The molecule has 7 heteroatoms. The van der Waals surface area contributed by atoms with Crippen molar-refractivity contribution in [2.75, 3.05) is 17.3 Å². The number of halogens is 2. The zero-order valence-corrected chi connectivity index (χ0v) is 23.4. The van der Waals surface area contributed by atoms with E-state index >= 15 is 0 Å². The van der Waals surface area contributed by atoms with E-state index in [0.717, 1.165) is 106 Å². The van der Waals surface area contributed by atoms with E-state index in [1.807, 2.05) is 0 Å². The summed E-state index contributed by atoms with van der Waals surface area (Å²) >= 11 is 0. The summed E-state index contributed by atoms with van der Waals surface area (Å²) in [6.07, 6.45) is 16.4. The second-order valence-electron chi connectivity index (χ2n) is 9.42. The van der Waals surface area contributed by atoms with Gasteiger partial charge in [-0.1, -0.05) is 97.8 Å². The van der Waals surface area contributed by atoms with Crippen LogP contribution >= 0.6 is 10.3 Å². The van der Waals surface area contributed by atoms with Gasteiger partial charge in [0.25, 0.3) is 0 Å². The molecule has 0 aliphatic rings. The van der Waals surface area contributed by atoms with Gasteiger partial charge in [0.15, 0.2) is 0 Å². The molecule has 34 heavy (non-hydrogen) atoms. The van der Waals surface area contributed by atoms with Crippen LogP contribution in [-0.4, -0.2) is 25.7 Å². The van der Waals surface area contributed by atoms with Crippen molar-refractivity contribution < 1.29 is 20.8 Å². The Morgan fingerprint density at radius 2 is 1.06 bits per heavy atom. The third-order valence-corrected chi connectivity index (χ3v) is 12.1. The lowest BCUT2D eigenvalue weighted by Crippen LogP contribution is -2.22. The highest BCUT2D eigenvalue weighted by Crippen LogP contribution is 2.54. The Balaban J connectivity index is 3.09. The molecule has 0 aliphatic heterocycles. The van der Waals surface area contributed by atoms with Crippen LogP contribution in [0.4, 0.5) is 8.78 Å². The SMILES string of the molecule is CCCCCCCS(CCCCCCC)(CCCCCCC)OS(=O)(=O)c1ccc(F)cc1F. The van der Waals surface area contributed by atoms with Gasteiger partial charge in [0.2, 0.25) is 0 Å². The van der Waals surface area contributed by atoms with E-state index in [-0.39, 0.29) is 0 Å². The van der Waals surface area contributed by atoms with Gasteiger partial charge in [0.1, 0.15) is 16.5 Å². The maximum Gasteiger partial charge on any atom is 0.309 e. The molecule has 200 valence electrons. The molecule has 0 bridgehead atoms. The van der Waals surface area contributed by atoms with Gasteiger partial charge < -0.3 is 0 Å². The van der Waals surface area contributed by atoms with Crippen molar-refractivity contribution in [2.45, 2.75) is 122 Å². The van der Waals surface area contributed by atoms with Crippen LogP contribution in [0.3, 0.4) is 0 Å². The lowest BCUT2D eigenvalue weighted by molar-refractivity contribution is 0.490. The number of rotatable bonds is 21. The van der Waals surface area contributed by atoms with E-state index in [0.29, 0.717) is 6.07 Å². The Morgan fingerprint density at radius 1 is 0.647 bits per heavy atom. The first-order valence-electron chi connectivity index (χ1n) is 13.5. The first kappa shape index (κ1) is 31.4. The molecule has 0 saturated carbocycles. The molecule has 3 nitrogen and oxygen atoms in total. The first-order chi connectivity index (χ1) is 16.3. The lowest BCUT2D eigenvalue weighted by atomic mass is 10.2. The first-order valence-corrected chi connectivity index (χ1v) is 16.9. The van der Waals surface area contributed by atoms with Crippen LogP contribution in [0.1, 0.15) is 117 Å². The molecule has 1 rings (SSSR count). The number of hydrogen-bond acceptors (Lipinski definition) is 3. The molecular formula is C27H48F2O3S2. The van der Waals surface area contributed by atoms with Gasteiger partial charge in [-0.25, -0.2) is 12.4 Å². The standard InChI is InChI=1S/C27H48F2O3S2/c1-4-7-10-13-16-21-33(22-17-14-11-8-5-2,23-18-15-12-9-6-3)32-34(30,31)27-20-19-25(28)24-26(27)29/h19-20,24H,4-18,21-23H2,1-3H3. The molecule has 0 aliphatic carbocycles. The Morgan fingerprint density at radius 3 is 1.44 bits per heavy atom. The van der Waals surface area contributed by atoms with Gasteiger partial charge >= 0.3 is 10.1 Å². The Kier molecular flexibility index (Phi) is 16.3. The number of unbranched alkanes of at least 4 members (excludes halogenated alkanes) is 12. The minimum Gasteiger partial charge on any atom is -0.216 e. The van der Waals surface area contributed by atoms with E-state index in [2.05, 4.69) is 20.8 Å². The van der Waals surface area contributed by atoms with Crippen LogP contribution in [0.2, 0.25) is 0 Å². The lowest BCUT2D eigenvalue weighted by Gasteiger charge is -2.39. The van der Waals surface area contributed by atoms with E-state index < -0.39 is 37.0 Å². The number of benzene rings is 1. The van der Waals surface area contributed by atoms with Gasteiger partial charge in [-0.15, -0.1) is 10.3 Å². The topological polar surface area (TPSA) is 43.4 Å². The van der Waals surface area contributed by atoms with Crippen molar-refractivity contribution in [1.82, 2.24) is 0 Å². The summed E-state index contributed by atoms with van der Waals surface area (Å²) in [4.78, 5) is -0.547. The Hall–Kier alpha value is -0.660. The average molecular weight is 523 g/mol. The van der Waals surface area contributed by atoms with Crippen molar-refractivity contribution in [2.24, 2.45) is 0 Å². The van der Waals surface area contributed by atoms with Crippen molar-refractivity contribution in [3.8, 4) is 0 Å².